The maximum absolute atomic E-state index is 6.96. The molecule has 6 aromatic rings. The van der Waals surface area contributed by atoms with E-state index in [1.165, 1.54) is 32.8 Å². The van der Waals surface area contributed by atoms with Crippen LogP contribution in [-0.4, -0.2) is 15.8 Å². The standard InChI is InChI=1S/C37H27ClN2O/c1-23-31(38)18-19-32(26-15-17-29-28-12-6-8-14-35(28)41-36(29)22-26)39-37(23)40-33-13-7-5-11-27(33)30-21-25(16-20-34(30)40)24-9-3-2-4-10-24/h2-5,7-11,13-18,20-23,31H,6,12H2,1H3. The predicted molar refractivity (Wildman–Crippen MR) is 172 cm³/mol. The fraction of sp³-hybridized carbons (Fsp3) is 0.135. The molecule has 3 nitrogen and oxygen atoms in total. The number of furan rings is 1. The molecule has 0 saturated heterocycles. The molecular formula is C37H27ClN2O. The summed E-state index contributed by atoms with van der Waals surface area (Å²) in [5, 5.41) is 3.31. The van der Waals surface area contributed by atoms with Gasteiger partial charge in [-0.1, -0.05) is 85.5 Å². The van der Waals surface area contributed by atoms with Gasteiger partial charge < -0.3 is 4.42 Å². The molecule has 0 radical (unpaired) electrons. The number of hydrogen-bond donors (Lipinski definition) is 0. The van der Waals surface area contributed by atoms with E-state index >= 15 is 0 Å². The average molecular weight is 551 g/mol. The fourth-order valence-corrected chi connectivity index (χ4v) is 6.43. The van der Waals surface area contributed by atoms with Gasteiger partial charge in [0.25, 0.3) is 0 Å². The number of para-hydroxylation sites is 1. The Kier molecular flexibility index (Phi) is 5.63. The number of rotatable bonds is 2. The summed E-state index contributed by atoms with van der Waals surface area (Å²) >= 11 is 6.96. The van der Waals surface area contributed by atoms with Crippen molar-refractivity contribution in [2.75, 3.05) is 0 Å². The Morgan fingerprint density at radius 2 is 1.63 bits per heavy atom. The average Bonchev–Trinajstić information content (AvgIpc) is 3.51. The van der Waals surface area contributed by atoms with E-state index < -0.39 is 0 Å². The van der Waals surface area contributed by atoms with E-state index in [0.717, 1.165) is 52.3 Å². The number of aromatic nitrogens is 1. The summed E-state index contributed by atoms with van der Waals surface area (Å²) in [7, 11) is 0. The van der Waals surface area contributed by atoms with Crippen LogP contribution in [0.5, 0.6) is 0 Å². The Balaban J connectivity index is 1.32. The zero-order valence-corrected chi connectivity index (χ0v) is 23.4. The molecule has 2 atom stereocenters. The molecule has 0 N–H and O–H groups in total. The van der Waals surface area contributed by atoms with Crippen LogP contribution in [0.15, 0.2) is 118 Å². The number of hydrogen-bond acceptors (Lipinski definition) is 2. The lowest BCUT2D eigenvalue weighted by Gasteiger charge is -2.19. The van der Waals surface area contributed by atoms with Crippen molar-refractivity contribution in [2.45, 2.75) is 25.1 Å². The van der Waals surface area contributed by atoms with Gasteiger partial charge in [-0.15, -0.1) is 11.6 Å². The first kappa shape index (κ1) is 24.3. The third-order valence-electron chi connectivity index (χ3n) is 8.43. The summed E-state index contributed by atoms with van der Waals surface area (Å²) in [6.45, 7) is 2.15. The van der Waals surface area contributed by atoms with Crippen molar-refractivity contribution < 1.29 is 4.42 Å². The van der Waals surface area contributed by atoms with Crippen molar-refractivity contribution in [3.8, 4) is 11.1 Å². The molecule has 0 amide bonds. The molecule has 0 saturated carbocycles. The highest BCUT2D eigenvalue weighted by Crippen LogP contribution is 2.37. The summed E-state index contributed by atoms with van der Waals surface area (Å²) in [6, 6.07) is 32.2. The largest absolute Gasteiger partial charge is 0.456 e. The Bertz CT molecular complexity index is 2120. The van der Waals surface area contributed by atoms with Gasteiger partial charge in [-0.05, 0) is 60.4 Å². The lowest BCUT2D eigenvalue weighted by Crippen LogP contribution is -2.26. The summed E-state index contributed by atoms with van der Waals surface area (Å²) < 4.78 is 8.53. The quantitative estimate of drug-likeness (QED) is 0.156. The number of allylic oxidation sites excluding steroid dienone is 2. The van der Waals surface area contributed by atoms with E-state index in [4.69, 9.17) is 21.0 Å². The summed E-state index contributed by atoms with van der Waals surface area (Å²) in [5.74, 6) is 1.83. The zero-order chi connectivity index (χ0) is 27.5. The fourth-order valence-electron chi connectivity index (χ4n) is 6.25. The SMILES string of the molecule is CC1C(n2c3ccccc3c3cc(-c4ccccc4)ccc32)=NC(c2ccc3c4c(oc3c2)C=CCC4)=C=CC1Cl. The van der Waals surface area contributed by atoms with Crippen LogP contribution in [0.4, 0.5) is 0 Å². The maximum atomic E-state index is 6.96. The highest BCUT2D eigenvalue weighted by atomic mass is 35.5. The lowest BCUT2D eigenvalue weighted by atomic mass is 10.00. The maximum Gasteiger partial charge on any atom is 0.135 e. The first-order valence-corrected chi connectivity index (χ1v) is 14.6. The molecule has 2 aromatic heterocycles. The number of nitrogens with zero attached hydrogens (tertiary/aromatic N) is 2. The number of aliphatic imine (C=N–C) groups is 1. The van der Waals surface area contributed by atoms with E-state index in [9.17, 15) is 0 Å². The molecule has 4 aromatic carbocycles. The molecule has 41 heavy (non-hydrogen) atoms. The Hall–Kier alpha value is -4.56. The Labute approximate surface area is 243 Å². The summed E-state index contributed by atoms with van der Waals surface area (Å²) in [6.07, 6.45) is 8.26. The minimum Gasteiger partial charge on any atom is -0.456 e. The van der Waals surface area contributed by atoms with Crippen LogP contribution in [0.25, 0.3) is 55.7 Å². The Morgan fingerprint density at radius 1 is 0.829 bits per heavy atom. The first-order chi connectivity index (χ1) is 20.2. The molecule has 0 bridgehead atoms. The van der Waals surface area contributed by atoms with Crippen molar-refractivity contribution in [1.29, 1.82) is 0 Å². The van der Waals surface area contributed by atoms with Crippen LogP contribution in [0.2, 0.25) is 0 Å². The van der Waals surface area contributed by atoms with Crippen molar-refractivity contribution in [3.63, 3.8) is 0 Å². The molecule has 8 rings (SSSR count). The zero-order valence-electron chi connectivity index (χ0n) is 22.6. The minimum atomic E-state index is -0.254. The number of halogens is 1. The lowest BCUT2D eigenvalue weighted by molar-refractivity contribution is 0.595. The molecule has 2 unspecified atom stereocenters. The van der Waals surface area contributed by atoms with Crippen LogP contribution in [0.3, 0.4) is 0 Å². The van der Waals surface area contributed by atoms with E-state index in [1.54, 1.807) is 0 Å². The molecular weight excluding hydrogens is 524 g/mol. The van der Waals surface area contributed by atoms with Crippen molar-refractivity contribution in [1.82, 2.24) is 4.57 Å². The van der Waals surface area contributed by atoms with E-state index in [1.807, 2.05) is 6.08 Å². The van der Waals surface area contributed by atoms with Gasteiger partial charge in [0.2, 0.25) is 0 Å². The number of fused-ring (bicyclic) bond motifs is 6. The second kappa shape index (κ2) is 9.52. The molecule has 4 heteroatoms. The molecule has 1 aliphatic carbocycles. The van der Waals surface area contributed by atoms with Gasteiger partial charge in [-0.2, -0.15) is 0 Å². The molecule has 2 aliphatic rings. The smallest absolute Gasteiger partial charge is 0.135 e. The van der Waals surface area contributed by atoms with Crippen LogP contribution in [-0.2, 0) is 6.42 Å². The highest BCUT2D eigenvalue weighted by Gasteiger charge is 2.26. The number of aryl methyl sites for hydroxylation is 1. The van der Waals surface area contributed by atoms with Crippen LogP contribution < -0.4 is 0 Å². The van der Waals surface area contributed by atoms with Crippen LogP contribution in [0.1, 0.15) is 30.2 Å². The van der Waals surface area contributed by atoms with E-state index in [0.29, 0.717) is 0 Å². The topological polar surface area (TPSA) is 30.4 Å². The van der Waals surface area contributed by atoms with Gasteiger partial charge in [0.15, 0.2) is 0 Å². The van der Waals surface area contributed by atoms with Gasteiger partial charge in [-0.25, -0.2) is 4.99 Å². The van der Waals surface area contributed by atoms with Gasteiger partial charge >= 0.3 is 0 Å². The van der Waals surface area contributed by atoms with Crippen LogP contribution in [0, 0.1) is 5.92 Å². The second-order valence-corrected chi connectivity index (χ2v) is 11.4. The van der Waals surface area contributed by atoms with Gasteiger partial charge in [0, 0.05) is 33.2 Å². The van der Waals surface area contributed by atoms with E-state index in [-0.39, 0.29) is 11.3 Å². The second-order valence-electron chi connectivity index (χ2n) is 10.9. The van der Waals surface area contributed by atoms with Crippen molar-refractivity contribution >= 4 is 62.0 Å². The van der Waals surface area contributed by atoms with Gasteiger partial charge in [0.1, 0.15) is 22.9 Å². The molecule has 3 heterocycles. The Morgan fingerprint density at radius 3 is 2.54 bits per heavy atom. The van der Waals surface area contributed by atoms with Gasteiger partial charge in [0.05, 0.1) is 16.4 Å². The molecule has 198 valence electrons. The summed E-state index contributed by atoms with van der Waals surface area (Å²) in [4.78, 5) is 5.30. The number of alkyl halides is 1. The summed E-state index contributed by atoms with van der Waals surface area (Å²) in [5.41, 5.74) is 11.9. The first-order valence-electron chi connectivity index (χ1n) is 14.2. The number of benzene rings is 4. The molecule has 1 aliphatic heterocycles. The van der Waals surface area contributed by atoms with Crippen LogP contribution >= 0.6 is 11.6 Å². The van der Waals surface area contributed by atoms with Gasteiger partial charge in [-0.3, -0.25) is 4.57 Å². The van der Waals surface area contributed by atoms with Crippen molar-refractivity contribution in [2.24, 2.45) is 10.9 Å². The molecule has 0 spiro atoms. The molecule has 0 fully saturated rings. The minimum absolute atomic E-state index is 0.0423. The van der Waals surface area contributed by atoms with E-state index in [2.05, 4.69) is 120 Å². The third kappa shape index (κ3) is 3.93. The third-order valence-corrected chi connectivity index (χ3v) is 8.93. The monoisotopic (exact) mass is 550 g/mol. The van der Waals surface area contributed by atoms with Crippen molar-refractivity contribution in [3.05, 3.63) is 126 Å². The predicted octanol–water partition coefficient (Wildman–Crippen LogP) is 9.87. The normalized spacial score (nSPS) is 18.5. The highest BCUT2D eigenvalue weighted by molar-refractivity contribution is 6.25.